The maximum atomic E-state index is 10.2. The van der Waals surface area contributed by atoms with Gasteiger partial charge in [-0.3, -0.25) is 4.79 Å². The number of rotatable bonds is 9. The van der Waals surface area contributed by atoms with Gasteiger partial charge in [0, 0.05) is 12.0 Å². The van der Waals surface area contributed by atoms with Crippen molar-refractivity contribution >= 4 is 5.97 Å². The molecule has 4 heteroatoms. The first-order valence-electron chi connectivity index (χ1n) is 8.10. The number of aliphatic carboxylic acids is 1. The Morgan fingerprint density at radius 3 is 2.27 bits per heavy atom. The third-order valence-electron chi connectivity index (χ3n) is 3.31. The molecule has 1 atom stereocenters. The van der Waals surface area contributed by atoms with Gasteiger partial charge in [-0.25, -0.2) is 0 Å². The van der Waals surface area contributed by atoms with Crippen molar-refractivity contribution in [3.63, 3.8) is 0 Å². The maximum Gasteiger partial charge on any atom is 0.300 e. The van der Waals surface area contributed by atoms with Gasteiger partial charge >= 0.3 is 5.97 Å². The molecule has 0 unspecified atom stereocenters. The van der Waals surface area contributed by atoms with Crippen molar-refractivity contribution in [2.45, 2.75) is 64.8 Å². The third kappa shape index (κ3) is 12.4. The zero-order valence-electron chi connectivity index (χ0n) is 13.9. The molecule has 0 saturated carbocycles. The van der Waals surface area contributed by atoms with Crippen LogP contribution in [0.15, 0.2) is 30.3 Å². The molecule has 0 aromatic heterocycles. The van der Waals surface area contributed by atoms with Crippen molar-refractivity contribution in [3.8, 4) is 0 Å². The van der Waals surface area contributed by atoms with Gasteiger partial charge in [-0.2, -0.15) is 12.5 Å². The summed E-state index contributed by atoms with van der Waals surface area (Å²) in [4.78, 5) is 10.2. The second-order valence-electron chi connectivity index (χ2n) is 5.58. The van der Waals surface area contributed by atoms with Crippen LogP contribution in [0.4, 0.5) is 0 Å². The lowest BCUT2D eigenvalue weighted by molar-refractivity contribution is -0.420. The second kappa shape index (κ2) is 13.3. The molecule has 0 aliphatic heterocycles. The van der Waals surface area contributed by atoms with Crippen molar-refractivity contribution in [2.75, 3.05) is 0 Å². The van der Waals surface area contributed by atoms with E-state index < -0.39 is 5.97 Å². The number of unbranched alkanes of at least 4 members (excludes halogenated alkanes) is 3. The normalized spacial score (nSPS) is 11.7. The maximum absolute atomic E-state index is 10.2. The van der Waals surface area contributed by atoms with Gasteiger partial charge in [0.1, 0.15) is 6.04 Å². The summed E-state index contributed by atoms with van der Waals surface area (Å²) in [5.74, 6) is -0.847. The highest BCUT2D eigenvalue weighted by Gasteiger charge is 1.97. The van der Waals surface area contributed by atoms with Gasteiger partial charge in [-0.05, 0) is 6.92 Å². The van der Waals surface area contributed by atoms with E-state index in [1.165, 1.54) is 18.4 Å². The Morgan fingerprint density at radius 2 is 1.82 bits per heavy atom. The van der Waals surface area contributed by atoms with Gasteiger partial charge in [0.2, 0.25) is 0 Å². The van der Waals surface area contributed by atoms with Crippen LogP contribution in [-0.2, 0) is 4.79 Å². The lowest BCUT2D eigenvalue weighted by Gasteiger charge is -2.21. The fourth-order valence-electron chi connectivity index (χ4n) is 1.91. The first kappa shape index (κ1) is 20.6. The first-order chi connectivity index (χ1) is 10.5. The molecule has 5 N–H and O–H groups in total. The largest absolute Gasteiger partial charge is 0.563 e. The van der Waals surface area contributed by atoms with E-state index in [-0.39, 0.29) is 6.42 Å². The number of hydrogen-bond donors (Lipinski definition) is 3. The number of carboxylic acids is 1. The van der Waals surface area contributed by atoms with E-state index in [1.54, 1.807) is 0 Å². The van der Waals surface area contributed by atoms with Gasteiger partial charge in [-0.1, -0.05) is 62.9 Å². The van der Waals surface area contributed by atoms with Crippen LogP contribution >= 0.6 is 0 Å². The fraction of sp³-hybridized carbons (Fsp3) is 0.556. The molecule has 0 spiro atoms. The Kier molecular flexibility index (Phi) is 12.4. The third-order valence-corrected chi connectivity index (χ3v) is 3.31. The smallest absolute Gasteiger partial charge is 0.300 e. The number of carboxylic acid groups (broad SMARTS) is 1. The molecule has 0 radical (unpaired) electrons. The van der Waals surface area contributed by atoms with E-state index in [1.807, 2.05) is 18.2 Å². The van der Waals surface area contributed by atoms with E-state index in [0.29, 0.717) is 25.0 Å². The Balaban J connectivity index is 0.000000425. The molecule has 0 aliphatic carbocycles. The van der Waals surface area contributed by atoms with Crippen molar-refractivity contribution in [1.82, 2.24) is 0 Å². The molecule has 126 valence electrons. The standard InChI is InChI=1S/C10H19O3.C8H11N/c1-2-3-4-5-6-9(11)7-8-10(12)13;1-7(9)8-5-3-2-4-6-8/h11H,2-8H2,1H3,(H,12,13);2-7H,9H2,1H3/q-1;/p+1/t;7-/m.0/s1. The van der Waals surface area contributed by atoms with Crippen molar-refractivity contribution < 1.29 is 20.7 Å². The zero-order chi connectivity index (χ0) is 16.8. The van der Waals surface area contributed by atoms with E-state index in [2.05, 4.69) is 31.7 Å². The minimum Gasteiger partial charge on any atom is -0.563 e. The van der Waals surface area contributed by atoms with Gasteiger partial charge in [-0.15, -0.1) is 6.42 Å². The summed E-state index contributed by atoms with van der Waals surface area (Å²) in [6, 6.07) is 10.7. The zero-order valence-corrected chi connectivity index (χ0v) is 13.9. The minimum absolute atomic E-state index is 0.0413. The number of aliphatic hydroxyl groups is 1. The van der Waals surface area contributed by atoms with Gasteiger partial charge < -0.3 is 15.9 Å². The molecule has 1 aromatic carbocycles. The number of hydrogen-bond acceptors (Lipinski definition) is 2. The van der Waals surface area contributed by atoms with E-state index in [0.717, 1.165) is 12.8 Å². The van der Waals surface area contributed by atoms with Gasteiger partial charge in [0.15, 0.2) is 0 Å². The van der Waals surface area contributed by atoms with E-state index >= 15 is 0 Å². The summed E-state index contributed by atoms with van der Waals surface area (Å²) in [5.41, 5.74) is 5.21. The van der Waals surface area contributed by atoms with Crippen LogP contribution in [0.2, 0.25) is 0 Å². The highest BCUT2D eigenvalue weighted by molar-refractivity contribution is 5.66. The summed E-state index contributed by atoms with van der Waals surface area (Å²) in [6.07, 6.45) is 5.79. The fourth-order valence-corrected chi connectivity index (χ4v) is 1.91. The molecule has 1 aromatic rings. The molecule has 0 aliphatic rings. The number of carbonyl (C=O) groups is 1. The van der Waals surface area contributed by atoms with Crippen molar-refractivity contribution in [2.24, 2.45) is 0 Å². The molecule has 22 heavy (non-hydrogen) atoms. The molecule has 0 amide bonds. The Bertz CT molecular complexity index is 379. The summed E-state index contributed by atoms with van der Waals surface area (Å²) >= 11 is 0. The Hall–Kier alpha value is -1.39. The van der Waals surface area contributed by atoms with Gasteiger partial charge in [0.05, 0.1) is 0 Å². The highest BCUT2D eigenvalue weighted by atomic mass is 16.4. The summed E-state index contributed by atoms with van der Waals surface area (Å²) < 4.78 is 0. The van der Waals surface area contributed by atoms with Crippen LogP contribution in [0.5, 0.6) is 0 Å². The predicted octanol–water partition coefficient (Wildman–Crippen LogP) is 3.72. The molecule has 1 rings (SSSR count). The Morgan fingerprint density at radius 1 is 1.18 bits per heavy atom. The number of aliphatic hydroxyl groups excluding tert-OH is 1. The Labute approximate surface area is 134 Å². The monoisotopic (exact) mass is 309 g/mol. The highest BCUT2D eigenvalue weighted by Crippen LogP contribution is 2.14. The van der Waals surface area contributed by atoms with Gasteiger partial charge in [0.25, 0.3) is 0 Å². The van der Waals surface area contributed by atoms with Crippen LogP contribution in [0, 0.1) is 6.10 Å². The lowest BCUT2D eigenvalue weighted by Crippen LogP contribution is -2.51. The summed E-state index contributed by atoms with van der Waals surface area (Å²) in [6.45, 7) is 4.23. The predicted molar refractivity (Wildman–Crippen MR) is 88.6 cm³/mol. The van der Waals surface area contributed by atoms with Crippen LogP contribution in [-0.4, -0.2) is 16.2 Å². The van der Waals surface area contributed by atoms with E-state index in [4.69, 9.17) is 5.11 Å². The SMILES string of the molecule is CCCCCC[C-](O)CCC(=O)O.C[C@H]([NH3+])c1ccccc1. The van der Waals surface area contributed by atoms with Crippen LogP contribution in [0.3, 0.4) is 0 Å². The average Bonchev–Trinajstić information content (AvgIpc) is 2.51. The average molecular weight is 309 g/mol. The van der Waals surface area contributed by atoms with Crippen molar-refractivity contribution in [1.29, 1.82) is 0 Å². The topological polar surface area (TPSA) is 85.2 Å². The van der Waals surface area contributed by atoms with Crippen LogP contribution in [0.25, 0.3) is 0 Å². The van der Waals surface area contributed by atoms with E-state index in [9.17, 15) is 9.90 Å². The lowest BCUT2D eigenvalue weighted by atomic mass is 10.1. The molecular weight excluding hydrogens is 278 g/mol. The summed E-state index contributed by atoms with van der Waals surface area (Å²) in [5, 5.41) is 17.6. The molecule has 0 heterocycles. The summed E-state index contributed by atoms with van der Waals surface area (Å²) in [7, 11) is 0. The molecule has 0 bridgehead atoms. The molecule has 0 saturated heterocycles. The number of benzene rings is 1. The number of quaternary nitrogens is 1. The minimum atomic E-state index is -0.847. The molecule has 0 fully saturated rings. The second-order valence-corrected chi connectivity index (χ2v) is 5.58. The van der Waals surface area contributed by atoms with Crippen LogP contribution < -0.4 is 5.73 Å². The van der Waals surface area contributed by atoms with Crippen molar-refractivity contribution in [3.05, 3.63) is 42.0 Å². The quantitative estimate of drug-likeness (QED) is 0.480. The van der Waals surface area contributed by atoms with Crippen LogP contribution in [0.1, 0.15) is 70.4 Å². The molecule has 4 nitrogen and oxygen atoms in total. The first-order valence-corrected chi connectivity index (χ1v) is 8.10. The molecular formula is C18H31NO3.